The second kappa shape index (κ2) is 7.75. The molecule has 2 rings (SSSR count). The van der Waals surface area contributed by atoms with Crippen molar-refractivity contribution in [1.29, 1.82) is 0 Å². The molecule has 0 aromatic heterocycles. The SMILES string of the molecule is CCNC(Cc1ccc(I)cc1)c1c(F)cccc1OC. The molecule has 112 valence electrons. The largest absolute Gasteiger partial charge is 0.496 e. The van der Waals surface area contributed by atoms with E-state index in [9.17, 15) is 4.39 Å². The number of likely N-dealkylation sites (N-methyl/N-ethyl adjacent to an activating group) is 1. The number of ether oxygens (including phenoxy) is 1. The van der Waals surface area contributed by atoms with Crippen LogP contribution in [0.3, 0.4) is 0 Å². The van der Waals surface area contributed by atoms with E-state index in [1.165, 1.54) is 15.2 Å². The van der Waals surface area contributed by atoms with Crippen molar-refractivity contribution < 1.29 is 9.13 Å². The van der Waals surface area contributed by atoms with Gasteiger partial charge >= 0.3 is 0 Å². The Labute approximate surface area is 138 Å². The Morgan fingerprint density at radius 2 is 1.90 bits per heavy atom. The summed E-state index contributed by atoms with van der Waals surface area (Å²) in [6.45, 7) is 2.79. The zero-order valence-corrected chi connectivity index (χ0v) is 14.4. The van der Waals surface area contributed by atoms with E-state index >= 15 is 0 Å². The van der Waals surface area contributed by atoms with E-state index in [2.05, 4.69) is 52.2 Å². The molecule has 1 unspecified atom stereocenters. The first kappa shape index (κ1) is 16.2. The Hall–Kier alpha value is -1.14. The van der Waals surface area contributed by atoms with Gasteiger partial charge in [0, 0.05) is 15.2 Å². The van der Waals surface area contributed by atoms with Crippen LogP contribution in [-0.2, 0) is 6.42 Å². The highest BCUT2D eigenvalue weighted by Crippen LogP contribution is 2.30. The number of hydrogen-bond acceptors (Lipinski definition) is 2. The van der Waals surface area contributed by atoms with Crippen molar-refractivity contribution in [2.24, 2.45) is 0 Å². The molecule has 0 saturated carbocycles. The fourth-order valence-electron chi connectivity index (χ4n) is 2.41. The van der Waals surface area contributed by atoms with Crippen LogP contribution in [0.25, 0.3) is 0 Å². The van der Waals surface area contributed by atoms with Crippen LogP contribution in [0.4, 0.5) is 4.39 Å². The minimum absolute atomic E-state index is 0.105. The van der Waals surface area contributed by atoms with Gasteiger partial charge in [0.1, 0.15) is 11.6 Å². The van der Waals surface area contributed by atoms with E-state index in [1.807, 2.05) is 6.92 Å². The van der Waals surface area contributed by atoms with Crippen LogP contribution < -0.4 is 10.1 Å². The number of nitrogens with one attached hydrogen (secondary N) is 1. The molecular weight excluding hydrogens is 380 g/mol. The van der Waals surface area contributed by atoms with Gasteiger partial charge in [-0.3, -0.25) is 0 Å². The van der Waals surface area contributed by atoms with Crippen molar-refractivity contribution in [3.63, 3.8) is 0 Å². The zero-order chi connectivity index (χ0) is 15.2. The van der Waals surface area contributed by atoms with Gasteiger partial charge in [0.15, 0.2) is 0 Å². The van der Waals surface area contributed by atoms with Gasteiger partial charge in [0.05, 0.1) is 7.11 Å². The highest BCUT2D eigenvalue weighted by Gasteiger charge is 2.20. The smallest absolute Gasteiger partial charge is 0.131 e. The number of benzene rings is 2. The Kier molecular flexibility index (Phi) is 5.99. The number of hydrogen-bond donors (Lipinski definition) is 1. The molecule has 0 aliphatic rings. The summed E-state index contributed by atoms with van der Waals surface area (Å²) in [6, 6.07) is 13.2. The van der Waals surface area contributed by atoms with Gasteiger partial charge in [-0.05, 0) is 65.4 Å². The van der Waals surface area contributed by atoms with Crippen molar-refractivity contribution in [3.8, 4) is 5.75 Å². The lowest BCUT2D eigenvalue weighted by Crippen LogP contribution is -2.24. The molecule has 4 heteroatoms. The van der Waals surface area contributed by atoms with Crippen molar-refractivity contribution in [2.45, 2.75) is 19.4 Å². The van der Waals surface area contributed by atoms with E-state index < -0.39 is 0 Å². The van der Waals surface area contributed by atoms with E-state index in [1.54, 1.807) is 19.2 Å². The van der Waals surface area contributed by atoms with Crippen molar-refractivity contribution in [3.05, 3.63) is 63.0 Å². The summed E-state index contributed by atoms with van der Waals surface area (Å²) in [6.07, 6.45) is 0.724. The molecule has 0 spiro atoms. The summed E-state index contributed by atoms with van der Waals surface area (Å²) in [5, 5.41) is 3.36. The normalized spacial score (nSPS) is 12.2. The van der Waals surface area contributed by atoms with Gasteiger partial charge in [-0.1, -0.05) is 25.1 Å². The lowest BCUT2D eigenvalue weighted by Gasteiger charge is -2.21. The van der Waals surface area contributed by atoms with E-state index in [0.29, 0.717) is 11.3 Å². The maximum Gasteiger partial charge on any atom is 0.131 e. The highest BCUT2D eigenvalue weighted by molar-refractivity contribution is 14.1. The summed E-state index contributed by atoms with van der Waals surface area (Å²) >= 11 is 2.28. The Bertz CT molecular complexity index is 586. The first-order valence-corrected chi connectivity index (χ1v) is 8.03. The molecule has 0 fully saturated rings. The Balaban J connectivity index is 2.32. The van der Waals surface area contributed by atoms with Crippen LogP contribution in [0.2, 0.25) is 0 Å². The van der Waals surface area contributed by atoms with Gasteiger partial charge in [-0.25, -0.2) is 4.39 Å². The average Bonchev–Trinajstić information content (AvgIpc) is 2.49. The number of halogens is 2. The molecule has 2 aromatic carbocycles. The van der Waals surface area contributed by atoms with Crippen LogP contribution in [-0.4, -0.2) is 13.7 Å². The molecule has 1 N–H and O–H groups in total. The molecule has 1 atom stereocenters. The van der Waals surface area contributed by atoms with E-state index in [4.69, 9.17) is 4.74 Å². The summed E-state index contributed by atoms with van der Waals surface area (Å²) in [5.41, 5.74) is 1.77. The average molecular weight is 399 g/mol. The maximum absolute atomic E-state index is 14.3. The van der Waals surface area contributed by atoms with Crippen LogP contribution in [0.5, 0.6) is 5.75 Å². The standard InChI is InChI=1S/C17H19FINO/c1-3-20-15(11-12-7-9-13(19)10-8-12)17-14(18)5-4-6-16(17)21-2/h4-10,15,20H,3,11H2,1-2H3. The quantitative estimate of drug-likeness (QED) is 0.731. The Morgan fingerprint density at radius 1 is 1.19 bits per heavy atom. The highest BCUT2D eigenvalue weighted by atomic mass is 127. The molecule has 0 heterocycles. The minimum Gasteiger partial charge on any atom is -0.496 e. The third kappa shape index (κ3) is 4.17. The number of methoxy groups -OCH3 is 1. The van der Waals surface area contributed by atoms with E-state index in [0.717, 1.165) is 13.0 Å². The molecule has 21 heavy (non-hydrogen) atoms. The second-order valence-corrected chi connectivity index (χ2v) is 6.04. The van der Waals surface area contributed by atoms with Crippen LogP contribution >= 0.6 is 22.6 Å². The van der Waals surface area contributed by atoms with Crippen molar-refractivity contribution in [2.75, 3.05) is 13.7 Å². The third-order valence-corrected chi connectivity index (χ3v) is 4.10. The molecule has 0 radical (unpaired) electrons. The molecule has 0 aliphatic heterocycles. The first-order chi connectivity index (χ1) is 10.2. The lowest BCUT2D eigenvalue weighted by atomic mass is 9.97. The van der Waals surface area contributed by atoms with Crippen molar-refractivity contribution >= 4 is 22.6 Å². The second-order valence-electron chi connectivity index (χ2n) is 4.80. The fourth-order valence-corrected chi connectivity index (χ4v) is 2.77. The van der Waals surface area contributed by atoms with Gasteiger partial charge in [0.2, 0.25) is 0 Å². The predicted octanol–water partition coefficient (Wildman–Crippen LogP) is 4.33. The predicted molar refractivity (Wildman–Crippen MR) is 92.2 cm³/mol. The summed E-state index contributed by atoms with van der Waals surface area (Å²) < 4.78 is 20.8. The minimum atomic E-state index is -0.231. The molecule has 2 aromatic rings. The van der Waals surface area contributed by atoms with E-state index in [-0.39, 0.29) is 11.9 Å². The van der Waals surface area contributed by atoms with Gasteiger partial charge in [-0.15, -0.1) is 0 Å². The van der Waals surface area contributed by atoms with Crippen LogP contribution in [0.1, 0.15) is 24.1 Å². The zero-order valence-electron chi connectivity index (χ0n) is 12.2. The number of rotatable bonds is 6. The summed E-state index contributed by atoms with van der Waals surface area (Å²) in [4.78, 5) is 0. The topological polar surface area (TPSA) is 21.3 Å². The molecule has 0 bridgehead atoms. The molecular formula is C17H19FINO. The molecule has 2 nitrogen and oxygen atoms in total. The van der Waals surface area contributed by atoms with Gasteiger partial charge < -0.3 is 10.1 Å². The van der Waals surface area contributed by atoms with Gasteiger partial charge in [0.25, 0.3) is 0 Å². The molecule has 0 saturated heterocycles. The molecule has 0 amide bonds. The van der Waals surface area contributed by atoms with Gasteiger partial charge in [-0.2, -0.15) is 0 Å². The van der Waals surface area contributed by atoms with Crippen molar-refractivity contribution in [1.82, 2.24) is 5.32 Å². The van der Waals surface area contributed by atoms with Crippen LogP contribution in [0, 0.1) is 9.39 Å². The summed E-state index contributed by atoms with van der Waals surface area (Å²) in [7, 11) is 1.58. The Morgan fingerprint density at radius 3 is 2.52 bits per heavy atom. The monoisotopic (exact) mass is 399 g/mol. The third-order valence-electron chi connectivity index (χ3n) is 3.38. The maximum atomic E-state index is 14.3. The molecule has 0 aliphatic carbocycles. The lowest BCUT2D eigenvalue weighted by molar-refractivity contribution is 0.390. The first-order valence-electron chi connectivity index (χ1n) is 6.96. The summed E-state index contributed by atoms with van der Waals surface area (Å²) in [5.74, 6) is 0.359. The van der Waals surface area contributed by atoms with Crippen LogP contribution in [0.15, 0.2) is 42.5 Å². The fraction of sp³-hybridized carbons (Fsp3) is 0.294.